The van der Waals surface area contributed by atoms with E-state index >= 15 is 0 Å². The second-order valence-electron chi connectivity index (χ2n) is 5.10. The number of carboxylic acids is 1. The van der Waals surface area contributed by atoms with Gasteiger partial charge in [-0.3, -0.25) is 10.1 Å². The number of rotatable bonds is 4. The Hall–Kier alpha value is -3.81. The lowest BCUT2D eigenvalue weighted by Gasteiger charge is -2.15. The molecule has 3 aromatic rings. The lowest BCUT2D eigenvalue weighted by molar-refractivity contribution is -0.384. The molecule has 8 nitrogen and oxygen atoms in total. The standard InChI is InChI=1S/C17H11N3O5/c21-16-14(17(22)23)9-10-3-1-2-4-13(10)15(16)19-18-11-5-7-12(8-6-11)20(24)25/h1-9,21H,(H,22,23)/p-1. The molecular weight excluding hydrogens is 326 g/mol. The van der Waals surface area contributed by atoms with Crippen molar-refractivity contribution in [3.05, 3.63) is 70.3 Å². The summed E-state index contributed by atoms with van der Waals surface area (Å²) in [6.07, 6.45) is 0. The molecule has 0 atom stereocenters. The summed E-state index contributed by atoms with van der Waals surface area (Å²) in [5, 5.41) is 41.0. The van der Waals surface area contributed by atoms with Crippen LogP contribution >= 0.6 is 0 Å². The van der Waals surface area contributed by atoms with Gasteiger partial charge in [0.1, 0.15) is 0 Å². The Bertz CT molecular complexity index is 1010. The van der Waals surface area contributed by atoms with Gasteiger partial charge in [-0.25, -0.2) is 4.79 Å². The highest BCUT2D eigenvalue weighted by molar-refractivity contribution is 6.04. The van der Waals surface area contributed by atoms with Crippen molar-refractivity contribution < 1.29 is 19.9 Å². The first-order valence-corrected chi connectivity index (χ1v) is 7.09. The van der Waals surface area contributed by atoms with E-state index in [1.165, 1.54) is 30.3 Å². The van der Waals surface area contributed by atoms with Crippen LogP contribution in [0.3, 0.4) is 0 Å². The van der Waals surface area contributed by atoms with Gasteiger partial charge in [-0.15, -0.1) is 0 Å². The monoisotopic (exact) mass is 336 g/mol. The quantitative estimate of drug-likeness (QED) is 0.438. The van der Waals surface area contributed by atoms with Gasteiger partial charge >= 0.3 is 5.97 Å². The molecule has 3 aromatic carbocycles. The average molecular weight is 336 g/mol. The molecule has 25 heavy (non-hydrogen) atoms. The lowest BCUT2D eigenvalue weighted by atomic mass is 10.0. The van der Waals surface area contributed by atoms with Gasteiger partial charge in [0.25, 0.3) is 5.69 Å². The number of azo groups is 1. The van der Waals surface area contributed by atoms with Gasteiger partial charge in [0.05, 0.1) is 21.9 Å². The number of carboxylic acid groups (broad SMARTS) is 1. The fourth-order valence-corrected chi connectivity index (χ4v) is 2.32. The predicted octanol–water partition coefficient (Wildman–Crippen LogP) is 3.94. The maximum absolute atomic E-state index is 12.4. The third-order valence-corrected chi connectivity index (χ3v) is 3.53. The van der Waals surface area contributed by atoms with E-state index in [1.807, 2.05) is 0 Å². The normalized spacial score (nSPS) is 11.0. The number of hydrogen-bond acceptors (Lipinski definition) is 6. The van der Waals surface area contributed by atoms with Crippen LogP contribution in [0.1, 0.15) is 10.4 Å². The first-order chi connectivity index (χ1) is 12.0. The van der Waals surface area contributed by atoms with E-state index in [9.17, 15) is 25.1 Å². The number of benzene rings is 3. The molecule has 0 aromatic heterocycles. The highest BCUT2D eigenvalue weighted by Crippen LogP contribution is 2.37. The maximum Gasteiger partial charge on any atom is 0.335 e. The molecule has 0 aliphatic rings. The van der Waals surface area contributed by atoms with Crippen LogP contribution in [0.25, 0.3) is 10.8 Å². The minimum Gasteiger partial charge on any atom is -0.870 e. The van der Waals surface area contributed by atoms with Crippen LogP contribution < -0.4 is 5.11 Å². The molecule has 0 bridgehead atoms. The van der Waals surface area contributed by atoms with Gasteiger partial charge in [-0.2, -0.15) is 10.2 Å². The van der Waals surface area contributed by atoms with Gasteiger partial charge in [-0.1, -0.05) is 30.0 Å². The number of nitrogens with zero attached hydrogens (tertiary/aromatic N) is 3. The minimum atomic E-state index is -1.34. The van der Waals surface area contributed by atoms with Crippen molar-refractivity contribution in [2.75, 3.05) is 0 Å². The summed E-state index contributed by atoms with van der Waals surface area (Å²) in [5.74, 6) is -2.08. The molecule has 1 N–H and O–H groups in total. The third-order valence-electron chi connectivity index (χ3n) is 3.53. The van der Waals surface area contributed by atoms with E-state index in [-0.39, 0.29) is 11.4 Å². The van der Waals surface area contributed by atoms with Crippen LogP contribution in [0, 0.1) is 10.1 Å². The van der Waals surface area contributed by atoms with Gasteiger partial charge in [0, 0.05) is 17.5 Å². The topological polar surface area (TPSA) is 128 Å². The molecule has 3 rings (SSSR count). The van der Waals surface area contributed by atoms with E-state index in [4.69, 9.17) is 0 Å². The fourth-order valence-electron chi connectivity index (χ4n) is 2.32. The summed E-state index contributed by atoms with van der Waals surface area (Å²) in [4.78, 5) is 21.4. The van der Waals surface area contributed by atoms with E-state index in [2.05, 4.69) is 10.2 Å². The third kappa shape index (κ3) is 3.13. The Labute approximate surface area is 140 Å². The molecule has 0 unspecified atom stereocenters. The zero-order valence-electron chi connectivity index (χ0n) is 12.6. The Balaban J connectivity index is 2.09. The first-order valence-electron chi connectivity index (χ1n) is 7.09. The number of fused-ring (bicyclic) bond motifs is 1. The maximum atomic E-state index is 12.4. The summed E-state index contributed by atoms with van der Waals surface area (Å²) in [6, 6.07) is 13.3. The first kappa shape index (κ1) is 16.1. The minimum absolute atomic E-state index is 0.0890. The van der Waals surface area contributed by atoms with Crippen LogP contribution in [0.15, 0.2) is 64.8 Å². The number of aromatic carboxylic acids is 1. The van der Waals surface area contributed by atoms with E-state index < -0.39 is 22.2 Å². The number of non-ortho nitro benzene ring substituents is 1. The van der Waals surface area contributed by atoms with Crippen LogP contribution in [-0.4, -0.2) is 16.0 Å². The Morgan fingerprint density at radius 1 is 1.04 bits per heavy atom. The molecule has 0 aliphatic carbocycles. The summed E-state index contributed by atoms with van der Waals surface area (Å²) in [7, 11) is 0. The highest BCUT2D eigenvalue weighted by atomic mass is 16.6. The van der Waals surface area contributed by atoms with Gasteiger partial charge in [0.2, 0.25) is 0 Å². The van der Waals surface area contributed by atoms with Gasteiger partial charge in [0.15, 0.2) is 0 Å². The molecule has 0 spiro atoms. The number of carbonyl (C=O) groups is 1. The molecule has 0 radical (unpaired) electrons. The Morgan fingerprint density at radius 2 is 1.72 bits per heavy atom. The fraction of sp³-hybridized carbons (Fsp3) is 0. The smallest absolute Gasteiger partial charge is 0.335 e. The van der Waals surface area contributed by atoms with Crippen molar-refractivity contribution in [3.8, 4) is 5.75 Å². The number of nitro groups is 1. The van der Waals surface area contributed by atoms with Crippen LogP contribution in [0.4, 0.5) is 17.1 Å². The van der Waals surface area contributed by atoms with Crippen molar-refractivity contribution >= 4 is 33.8 Å². The van der Waals surface area contributed by atoms with Crippen molar-refractivity contribution in [3.63, 3.8) is 0 Å². The van der Waals surface area contributed by atoms with Gasteiger partial charge < -0.3 is 10.2 Å². The zero-order chi connectivity index (χ0) is 18.0. The summed E-state index contributed by atoms with van der Waals surface area (Å²) in [5.41, 5.74) is -0.276. The zero-order valence-corrected chi connectivity index (χ0v) is 12.6. The molecule has 0 fully saturated rings. The Kier molecular flexibility index (Phi) is 4.09. The molecule has 0 amide bonds. The second kappa shape index (κ2) is 6.36. The van der Waals surface area contributed by atoms with Crippen LogP contribution in [0.2, 0.25) is 0 Å². The molecule has 8 heteroatoms. The molecule has 0 aliphatic heterocycles. The van der Waals surface area contributed by atoms with Crippen LogP contribution in [0.5, 0.6) is 5.75 Å². The summed E-state index contributed by atoms with van der Waals surface area (Å²) < 4.78 is 0. The Morgan fingerprint density at radius 3 is 2.36 bits per heavy atom. The molecule has 0 saturated carbocycles. The predicted molar refractivity (Wildman–Crippen MR) is 87.6 cm³/mol. The second-order valence-corrected chi connectivity index (χ2v) is 5.10. The van der Waals surface area contributed by atoms with Crippen LogP contribution in [-0.2, 0) is 0 Å². The summed E-state index contributed by atoms with van der Waals surface area (Å²) in [6.45, 7) is 0. The van der Waals surface area contributed by atoms with E-state index in [0.717, 1.165) is 0 Å². The number of hydrogen-bond donors (Lipinski definition) is 1. The molecule has 0 heterocycles. The van der Waals surface area contributed by atoms with E-state index in [0.29, 0.717) is 16.5 Å². The highest BCUT2D eigenvalue weighted by Gasteiger charge is 2.11. The molecule has 124 valence electrons. The van der Waals surface area contributed by atoms with Gasteiger partial charge in [-0.05, 0) is 23.6 Å². The van der Waals surface area contributed by atoms with Crippen molar-refractivity contribution in [2.24, 2.45) is 10.2 Å². The molecular formula is C17H10N3O5-. The van der Waals surface area contributed by atoms with Crippen molar-refractivity contribution in [1.82, 2.24) is 0 Å². The lowest BCUT2D eigenvalue weighted by Crippen LogP contribution is -2.04. The average Bonchev–Trinajstić information content (AvgIpc) is 2.60. The van der Waals surface area contributed by atoms with Crippen molar-refractivity contribution in [2.45, 2.75) is 0 Å². The van der Waals surface area contributed by atoms with E-state index in [1.54, 1.807) is 24.3 Å². The molecule has 0 saturated heterocycles. The van der Waals surface area contributed by atoms with Crippen molar-refractivity contribution in [1.29, 1.82) is 0 Å². The summed E-state index contributed by atoms with van der Waals surface area (Å²) >= 11 is 0. The largest absolute Gasteiger partial charge is 0.870 e. The SMILES string of the molecule is O=C(O)c1cc2ccccc2c(N=Nc2ccc([N+](=O)[O-])cc2)c1[O-]. The number of nitro benzene ring substituents is 1.